The van der Waals surface area contributed by atoms with Crippen LogP contribution in [0.4, 0.5) is 0 Å². The third-order valence-electron chi connectivity index (χ3n) is 5.90. The number of piperidine rings is 1. The Kier molecular flexibility index (Phi) is 7.57. The third kappa shape index (κ3) is 5.90. The van der Waals surface area contributed by atoms with Crippen molar-refractivity contribution in [1.82, 2.24) is 20.4 Å². The Morgan fingerprint density at radius 1 is 1.15 bits per heavy atom. The predicted molar refractivity (Wildman–Crippen MR) is 124 cm³/mol. The standard InChI is InChI=1S/C25H30N4O4/c1-31-21-11-10-19(15-22(21)32-2)24-27-23(33-28-24)17-29-14-6-9-20(16-29)25(30)26-13-12-18-7-4-3-5-8-18/h3-5,7-8,10-11,15,20H,6,9,12-14,16-17H2,1-2H3,(H,26,30)/t20-/m1/s1. The van der Waals surface area contributed by atoms with Gasteiger partial charge in [-0.3, -0.25) is 9.69 Å². The Balaban J connectivity index is 1.30. The molecule has 0 bridgehead atoms. The van der Waals surface area contributed by atoms with Gasteiger partial charge in [-0.2, -0.15) is 4.98 Å². The summed E-state index contributed by atoms with van der Waals surface area (Å²) in [6, 6.07) is 15.7. The van der Waals surface area contributed by atoms with Gasteiger partial charge in [0.1, 0.15) is 0 Å². The number of nitrogens with zero attached hydrogens (tertiary/aromatic N) is 3. The van der Waals surface area contributed by atoms with Crippen LogP contribution in [-0.4, -0.2) is 54.8 Å². The molecule has 1 saturated heterocycles. The van der Waals surface area contributed by atoms with Gasteiger partial charge in [-0.1, -0.05) is 35.5 Å². The Morgan fingerprint density at radius 2 is 1.97 bits per heavy atom. The van der Waals surface area contributed by atoms with Crippen molar-refractivity contribution >= 4 is 5.91 Å². The Morgan fingerprint density at radius 3 is 2.76 bits per heavy atom. The first kappa shape index (κ1) is 22.8. The van der Waals surface area contributed by atoms with E-state index in [0.717, 1.165) is 31.4 Å². The second-order valence-electron chi connectivity index (χ2n) is 8.18. The maximum atomic E-state index is 12.7. The van der Waals surface area contributed by atoms with Crippen molar-refractivity contribution in [3.05, 3.63) is 60.0 Å². The average molecular weight is 451 g/mol. The van der Waals surface area contributed by atoms with E-state index >= 15 is 0 Å². The van der Waals surface area contributed by atoms with Gasteiger partial charge in [-0.25, -0.2) is 0 Å². The largest absolute Gasteiger partial charge is 0.493 e. The molecule has 1 fully saturated rings. The zero-order valence-electron chi connectivity index (χ0n) is 19.1. The molecule has 0 spiro atoms. The van der Waals surface area contributed by atoms with E-state index in [9.17, 15) is 4.79 Å². The maximum Gasteiger partial charge on any atom is 0.241 e. The van der Waals surface area contributed by atoms with Gasteiger partial charge < -0.3 is 19.3 Å². The molecule has 1 N–H and O–H groups in total. The smallest absolute Gasteiger partial charge is 0.241 e. The van der Waals surface area contributed by atoms with E-state index in [1.54, 1.807) is 14.2 Å². The number of hydrogen-bond donors (Lipinski definition) is 1. The highest BCUT2D eigenvalue weighted by Gasteiger charge is 2.26. The Bertz CT molecular complexity index is 1050. The lowest BCUT2D eigenvalue weighted by molar-refractivity contribution is -0.126. The fourth-order valence-electron chi connectivity index (χ4n) is 4.14. The summed E-state index contributed by atoms with van der Waals surface area (Å²) < 4.78 is 16.1. The van der Waals surface area contributed by atoms with Crippen molar-refractivity contribution in [2.45, 2.75) is 25.8 Å². The van der Waals surface area contributed by atoms with Gasteiger partial charge in [-0.15, -0.1) is 0 Å². The van der Waals surface area contributed by atoms with Crippen LogP contribution in [0.5, 0.6) is 11.5 Å². The molecule has 0 radical (unpaired) electrons. The van der Waals surface area contributed by atoms with Crippen LogP contribution in [0, 0.1) is 5.92 Å². The van der Waals surface area contributed by atoms with Crippen LogP contribution in [0.2, 0.25) is 0 Å². The molecule has 1 amide bonds. The molecular weight excluding hydrogens is 420 g/mol. The molecule has 174 valence electrons. The van der Waals surface area contributed by atoms with Gasteiger partial charge in [0.15, 0.2) is 11.5 Å². The molecule has 1 aliphatic rings. The highest BCUT2D eigenvalue weighted by Crippen LogP contribution is 2.31. The summed E-state index contributed by atoms with van der Waals surface area (Å²) in [5.74, 6) is 2.38. The van der Waals surface area contributed by atoms with E-state index in [4.69, 9.17) is 14.0 Å². The van der Waals surface area contributed by atoms with E-state index < -0.39 is 0 Å². The number of hydrogen-bond acceptors (Lipinski definition) is 7. The van der Waals surface area contributed by atoms with Crippen LogP contribution in [-0.2, 0) is 17.8 Å². The van der Waals surface area contributed by atoms with E-state index in [0.29, 0.717) is 42.8 Å². The minimum absolute atomic E-state index is 0.0252. The SMILES string of the molecule is COc1ccc(-c2noc(CN3CCC[C@@H](C(=O)NCCc4ccccc4)C3)n2)cc1OC. The summed E-state index contributed by atoms with van der Waals surface area (Å²) in [5, 5.41) is 7.21. The van der Waals surface area contributed by atoms with Gasteiger partial charge in [-0.05, 0) is 49.6 Å². The third-order valence-corrected chi connectivity index (χ3v) is 5.90. The van der Waals surface area contributed by atoms with Crippen molar-refractivity contribution in [2.24, 2.45) is 5.92 Å². The zero-order valence-corrected chi connectivity index (χ0v) is 19.1. The summed E-state index contributed by atoms with van der Waals surface area (Å²) in [6.45, 7) is 2.76. The summed E-state index contributed by atoms with van der Waals surface area (Å²) in [4.78, 5) is 19.4. The predicted octanol–water partition coefficient (Wildman–Crippen LogP) is 3.32. The van der Waals surface area contributed by atoms with Crippen LogP contribution in [0.3, 0.4) is 0 Å². The molecule has 2 aromatic carbocycles. The van der Waals surface area contributed by atoms with Gasteiger partial charge in [0, 0.05) is 18.7 Å². The maximum absolute atomic E-state index is 12.7. The normalized spacial score (nSPS) is 16.4. The van der Waals surface area contributed by atoms with Crippen molar-refractivity contribution in [3.8, 4) is 22.9 Å². The fraction of sp³-hybridized carbons (Fsp3) is 0.400. The molecule has 2 heterocycles. The molecule has 33 heavy (non-hydrogen) atoms. The lowest BCUT2D eigenvalue weighted by atomic mass is 9.97. The molecule has 1 atom stereocenters. The molecule has 1 aromatic heterocycles. The number of likely N-dealkylation sites (tertiary alicyclic amines) is 1. The monoisotopic (exact) mass is 450 g/mol. The quantitative estimate of drug-likeness (QED) is 0.535. The first-order chi connectivity index (χ1) is 16.2. The molecule has 3 aromatic rings. The molecule has 0 saturated carbocycles. The lowest BCUT2D eigenvalue weighted by Crippen LogP contribution is -2.43. The van der Waals surface area contributed by atoms with Crippen LogP contribution >= 0.6 is 0 Å². The molecular formula is C25H30N4O4. The topological polar surface area (TPSA) is 89.7 Å². The lowest BCUT2D eigenvalue weighted by Gasteiger charge is -2.30. The minimum atomic E-state index is -0.0252. The number of carbonyl (C=O) groups is 1. The summed E-state index contributed by atoms with van der Waals surface area (Å²) >= 11 is 0. The van der Waals surface area contributed by atoms with E-state index in [1.807, 2.05) is 36.4 Å². The molecule has 8 heteroatoms. The van der Waals surface area contributed by atoms with Gasteiger partial charge in [0.25, 0.3) is 0 Å². The number of aromatic nitrogens is 2. The van der Waals surface area contributed by atoms with E-state index in [-0.39, 0.29) is 11.8 Å². The molecule has 0 unspecified atom stereocenters. The highest BCUT2D eigenvalue weighted by atomic mass is 16.5. The average Bonchev–Trinajstić information content (AvgIpc) is 3.32. The number of nitrogens with one attached hydrogen (secondary N) is 1. The first-order valence-corrected chi connectivity index (χ1v) is 11.2. The van der Waals surface area contributed by atoms with Gasteiger partial charge in [0.2, 0.25) is 17.6 Å². The first-order valence-electron chi connectivity index (χ1n) is 11.2. The summed E-state index contributed by atoms with van der Waals surface area (Å²) in [5.41, 5.74) is 2.02. The number of carbonyl (C=O) groups excluding carboxylic acids is 1. The Hall–Kier alpha value is -3.39. The number of benzene rings is 2. The number of ether oxygens (including phenoxy) is 2. The van der Waals surface area contributed by atoms with Gasteiger partial charge >= 0.3 is 0 Å². The van der Waals surface area contributed by atoms with Crippen LogP contribution in [0.1, 0.15) is 24.3 Å². The number of rotatable bonds is 9. The van der Waals surface area contributed by atoms with Crippen LogP contribution in [0.15, 0.2) is 53.1 Å². The van der Waals surface area contributed by atoms with Gasteiger partial charge in [0.05, 0.1) is 26.7 Å². The second-order valence-corrected chi connectivity index (χ2v) is 8.18. The van der Waals surface area contributed by atoms with E-state index in [1.165, 1.54) is 5.56 Å². The number of methoxy groups -OCH3 is 2. The molecule has 4 rings (SSSR count). The van der Waals surface area contributed by atoms with Crippen molar-refractivity contribution in [3.63, 3.8) is 0 Å². The fourth-order valence-corrected chi connectivity index (χ4v) is 4.14. The summed E-state index contributed by atoms with van der Waals surface area (Å²) in [7, 11) is 3.19. The second kappa shape index (κ2) is 11.0. The Labute approximate surface area is 193 Å². The molecule has 8 nitrogen and oxygen atoms in total. The zero-order chi connectivity index (χ0) is 23.0. The van der Waals surface area contributed by atoms with E-state index in [2.05, 4.69) is 32.5 Å². The van der Waals surface area contributed by atoms with Crippen molar-refractivity contribution in [1.29, 1.82) is 0 Å². The minimum Gasteiger partial charge on any atom is -0.493 e. The molecule has 0 aliphatic carbocycles. The van der Waals surface area contributed by atoms with Crippen LogP contribution < -0.4 is 14.8 Å². The number of amides is 1. The summed E-state index contributed by atoms with van der Waals surface area (Å²) in [6.07, 6.45) is 2.70. The molecule has 1 aliphatic heterocycles. The van der Waals surface area contributed by atoms with Crippen molar-refractivity contribution < 1.29 is 18.8 Å². The van der Waals surface area contributed by atoms with Crippen molar-refractivity contribution in [2.75, 3.05) is 33.9 Å². The highest BCUT2D eigenvalue weighted by molar-refractivity contribution is 5.79. The van der Waals surface area contributed by atoms with Crippen LogP contribution in [0.25, 0.3) is 11.4 Å².